The highest BCUT2D eigenvalue weighted by Gasteiger charge is 2.33. The van der Waals surface area contributed by atoms with E-state index in [0.717, 1.165) is 0 Å². The SMILES string of the molecule is COc1ccc2c(c1)C(O)CCN2S(=O)(=O)c1ccc2c(c1)CC(=O)N2. The van der Waals surface area contributed by atoms with Gasteiger partial charge in [-0.1, -0.05) is 0 Å². The highest BCUT2D eigenvalue weighted by atomic mass is 32.2. The Balaban J connectivity index is 1.77. The summed E-state index contributed by atoms with van der Waals surface area (Å²) in [5.74, 6) is 0.414. The number of fused-ring (bicyclic) bond motifs is 2. The summed E-state index contributed by atoms with van der Waals surface area (Å²) in [6.45, 7) is 0.178. The molecule has 2 N–H and O–H groups in total. The third-order valence-electron chi connectivity index (χ3n) is 4.76. The maximum absolute atomic E-state index is 13.2. The lowest BCUT2D eigenvalue weighted by Crippen LogP contribution is -2.36. The van der Waals surface area contributed by atoms with E-state index in [9.17, 15) is 18.3 Å². The van der Waals surface area contributed by atoms with Crippen molar-refractivity contribution in [2.45, 2.75) is 23.8 Å². The molecule has 0 aromatic heterocycles. The van der Waals surface area contributed by atoms with E-state index >= 15 is 0 Å². The molecule has 7 nitrogen and oxygen atoms in total. The Kier molecular flexibility index (Phi) is 3.89. The zero-order valence-electron chi connectivity index (χ0n) is 14.1. The van der Waals surface area contributed by atoms with Gasteiger partial charge in [0.1, 0.15) is 5.75 Å². The van der Waals surface area contributed by atoms with Crippen molar-refractivity contribution in [2.75, 3.05) is 23.3 Å². The van der Waals surface area contributed by atoms with E-state index in [2.05, 4.69) is 5.32 Å². The van der Waals surface area contributed by atoms with E-state index in [1.54, 1.807) is 24.3 Å². The predicted octanol–water partition coefficient (Wildman–Crippen LogP) is 1.82. The normalized spacial score (nSPS) is 18.9. The van der Waals surface area contributed by atoms with Crippen LogP contribution in [0.5, 0.6) is 5.75 Å². The molecule has 0 spiro atoms. The number of nitrogens with zero attached hydrogens (tertiary/aromatic N) is 1. The number of anilines is 2. The molecular formula is C18H18N2O5S. The highest BCUT2D eigenvalue weighted by molar-refractivity contribution is 7.92. The molecule has 4 rings (SSSR count). The van der Waals surface area contributed by atoms with Crippen LogP contribution < -0.4 is 14.4 Å². The lowest BCUT2D eigenvalue weighted by atomic mass is 10.0. The number of hydrogen-bond acceptors (Lipinski definition) is 5. The van der Waals surface area contributed by atoms with Gasteiger partial charge < -0.3 is 15.2 Å². The Labute approximate surface area is 151 Å². The van der Waals surface area contributed by atoms with Crippen molar-refractivity contribution in [2.24, 2.45) is 0 Å². The Hall–Kier alpha value is -2.58. The van der Waals surface area contributed by atoms with Gasteiger partial charge in [0.25, 0.3) is 10.0 Å². The third kappa shape index (κ3) is 2.62. The molecule has 0 saturated carbocycles. The van der Waals surface area contributed by atoms with E-state index in [4.69, 9.17) is 4.74 Å². The molecule has 0 radical (unpaired) electrons. The fraction of sp³-hybridized carbons (Fsp3) is 0.278. The summed E-state index contributed by atoms with van der Waals surface area (Å²) < 4.78 is 32.9. The number of hydrogen-bond donors (Lipinski definition) is 2. The Morgan fingerprint density at radius 2 is 2.04 bits per heavy atom. The minimum atomic E-state index is -3.82. The van der Waals surface area contributed by atoms with Crippen molar-refractivity contribution in [3.8, 4) is 5.75 Å². The van der Waals surface area contributed by atoms with E-state index in [1.165, 1.54) is 23.5 Å². The highest BCUT2D eigenvalue weighted by Crippen LogP contribution is 2.39. The van der Waals surface area contributed by atoms with Crippen LogP contribution in [0, 0.1) is 0 Å². The van der Waals surface area contributed by atoms with Crippen LogP contribution in [0.4, 0.5) is 11.4 Å². The van der Waals surface area contributed by atoms with Gasteiger partial charge in [0.05, 0.1) is 30.2 Å². The Bertz CT molecular complexity index is 1000. The summed E-state index contributed by atoms with van der Waals surface area (Å²) >= 11 is 0. The third-order valence-corrected chi connectivity index (χ3v) is 6.57. The minimum absolute atomic E-state index is 0.130. The smallest absolute Gasteiger partial charge is 0.264 e. The van der Waals surface area contributed by atoms with Gasteiger partial charge in [-0.15, -0.1) is 0 Å². The first-order valence-electron chi connectivity index (χ1n) is 8.21. The second-order valence-corrected chi connectivity index (χ2v) is 8.21. The van der Waals surface area contributed by atoms with E-state index < -0.39 is 16.1 Å². The molecular weight excluding hydrogens is 356 g/mol. The molecule has 26 heavy (non-hydrogen) atoms. The van der Waals surface area contributed by atoms with Crippen LogP contribution in [0.25, 0.3) is 0 Å². The van der Waals surface area contributed by atoms with E-state index in [0.29, 0.717) is 34.7 Å². The standard InChI is InChI=1S/C18H18N2O5S/c1-25-12-2-5-16-14(10-12)17(21)6-7-20(16)26(23,24)13-3-4-15-11(8-13)9-18(22)19-15/h2-5,8,10,17,21H,6-7,9H2,1H3,(H,19,22). The van der Waals surface area contributed by atoms with Crippen molar-refractivity contribution in [3.63, 3.8) is 0 Å². The van der Waals surface area contributed by atoms with Crippen LogP contribution in [0.1, 0.15) is 23.7 Å². The Morgan fingerprint density at radius 3 is 2.81 bits per heavy atom. The molecule has 8 heteroatoms. The number of rotatable bonds is 3. The molecule has 0 saturated heterocycles. The van der Waals surface area contributed by atoms with Gasteiger partial charge in [-0.05, 0) is 48.4 Å². The van der Waals surface area contributed by atoms with Gasteiger partial charge in [-0.3, -0.25) is 9.10 Å². The van der Waals surface area contributed by atoms with E-state index in [-0.39, 0.29) is 23.8 Å². The van der Waals surface area contributed by atoms with Crippen LogP contribution in [0.3, 0.4) is 0 Å². The van der Waals surface area contributed by atoms with Gasteiger partial charge in [-0.2, -0.15) is 0 Å². The molecule has 2 aliphatic rings. The zero-order chi connectivity index (χ0) is 18.5. The molecule has 1 atom stereocenters. The number of methoxy groups -OCH3 is 1. The number of aliphatic hydroxyl groups excluding tert-OH is 1. The van der Waals surface area contributed by atoms with Crippen LogP contribution in [0.2, 0.25) is 0 Å². The fourth-order valence-corrected chi connectivity index (χ4v) is 4.97. The van der Waals surface area contributed by atoms with Crippen LogP contribution in [-0.4, -0.2) is 33.1 Å². The van der Waals surface area contributed by atoms with Gasteiger partial charge in [0, 0.05) is 17.8 Å². The number of nitrogens with one attached hydrogen (secondary N) is 1. The predicted molar refractivity (Wildman–Crippen MR) is 95.9 cm³/mol. The molecule has 2 aromatic carbocycles. The molecule has 2 aliphatic heterocycles. The number of ether oxygens (including phenoxy) is 1. The molecule has 0 bridgehead atoms. The first-order valence-corrected chi connectivity index (χ1v) is 9.65. The zero-order valence-corrected chi connectivity index (χ0v) is 14.9. The van der Waals surface area contributed by atoms with E-state index in [1.807, 2.05) is 0 Å². The quantitative estimate of drug-likeness (QED) is 0.854. The van der Waals surface area contributed by atoms with Crippen molar-refractivity contribution < 1.29 is 23.1 Å². The molecule has 1 amide bonds. The van der Waals surface area contributed by atoms with Crippen molar-refractivity contribution >= 4 is 27.3 Å². The maximum atomic E-state index is 13.2. The summed E-state index contributed by atoms with van der Waals surface area (Å²) in [6.07, 6.45) is -0.274. The minimum Gasteiger partial charge on any atom is -0.497 e. The summed E-state index contributed by atoms with van der Waals surface area (Å²) in [4.78, 5) is 11.6. The lowest BCUT2D eigenvalue weighted by molar-refractivity contribution is -0.115. The van der Waals surface area contributed by atoms with Crippen molar-refractivity contribution in [1.82, 2.24) is 0 Å². The van der Waals surface area contributed by atoms with Gasteiger partial charge >= 0.3 is 0 Å². The summed E-state index contributed by atoms with van der Waals surface area (Å²) in [5.41, 5.74) is 2.28. The largest absolute Gasteiger partial charge is 0.497 e. The summed E-state index contributed by atoms with van der Waals surface area (Å²) in [5, 5.41) is 13.0. The topological polar surface area (TPSA) is 95.9 Å². The van der Waals surface area contributed by atoms with Gasteiger partial charge in [-0.25, -0.2) is 8.42 Å². The molecule has 136 valence electrons. The number of carbonyl (C=O) groups excluding carboxylic acids is 1. The Morgan fingerprint density at radius 1 is 1.23 bits per heavy atom. The molecule has 0 aliphatic carbocycles. The maximum Gasteiger partial charge on any atom is 0.264 e. The number of carbonyl (C=O) groups is 1. The fourth-order valence-electron chi connectivity index (χ4n) is 3.41. The van der Waals surface area contributed by atoms with Gasteiger partial charge in [0.2, 0.25) is 5.91 Å². The lowest BCUT2D eigenvalue weighted by Gasteiger charge is -2.33. The molecule has 2 heterocycles. The first-order chi connectivity index (χ1) is 12.4. The van der Waals surface area contributed by atoms with Crippen LogP contribution >= 0.6 is 0 Å². The molecule has 0 fully saturated rings. The van der Waals surface area contributed by atoms with Gasteiger partial charge in [0.15, 0.2) is 0 Å². The van der Waals surface area contributed by atoms with Crippen LogP contribution in [-0.2, 0) is 21.2 Å². The number of aliphatic hydroxyl groups is 1. The number of amides is 1. The van der Waals surface area contributed by atoms with Crippen molar-refractivity contribution in [1.29, 1.82) is 0 Å². The second-order valence-electron chi connectivity index (χ2n) is 6.35. The summed E-state index contributed by atoms with van der Waals surface area (Å²) in [6, 6.07) is 9.62. The van der Waals surface area contributed by atoms with Crippen molar-refractivity contribution in [3.05, 3.63) is 47.5 Å². The number of benzene rings is 2. The first kappa shape index (κ1) is 16.9. The molecule has 2 aromatic rings. The van der Waals surface area contributed by atoms with Crippen LogP contribution in [0.15, 0.2) is 41.3 Å². The number of sulfonamides is 1. The second kappa shape index (κ2) is 6.00. The molecule has 1 unspecified atom stereocenters. The monoisotopic (exact) mass is 374 g/mol. The average Bonchev–Trinajstić information content (AvgIpc) is 3.00. The average molecular weight is 374 g/mol. The summed E-state index contributed by atoms with van der Waals surface area (Å²) in [7, 11) is -2.30.